The van der Waals surface area contributed by atoms with Gasteiger partial charge in [-0.3, -0.25) is 0 Å². The van der Waals surface area contributed by atoms with Crippen LogP contribution in [-0.2, 0) is 0 Å². The maximum Gasteiger partial charge on any atom is 0.187 e. The second kappa shape index (κ2) is 5.76. The van der Waals surface area contributed by atoms with Crippen LogP contribution in [-0.4, -0.2) is 11.0 Å². The van der Waals surface area contributed by atoms with E-state index in [0.717, 1.165) is 11.3 Å². The minimum Gasteiger partial charge on any atom is -0.545 e. The largest absolute Gasteiger partial charge is 0.545 e. The van der Waals surface area contributed by atoms with Crippen molar-refractivity contribution in [3.8, 4) is 11.3 Å². The number of carbonyl (C=O) groups is 1. The molecule has 0 amide bonds. The van der Waals surface area contributed by atoms with Crippen LogP contribution in [0, 0.1) is 0 Å². The number of rotatable bonds is 4. The molecule has 0 spiro atoms. The van der Waals surface area contributed by atoms with Gasteiger partial charge in [-0.05, 0) is 17.7 Å². The van der Waals surface area contributed by atoms with Gasteiger partial charge in [-0.1, -0.05) is 42.5 Å². The molecule has 3 aromatic rings. The molecule has 0 saturated heterocycles. The van der Waals surface area contributed by atoms with E-state index >= 15 is 0 Å². The van der Waals surface area contributed by atoms with Gasteiger partial charge < -0.3 is 15.2 Å². The second-order valence-corrected chi connectivity index (χ2v) is 5.26. The predicted octanol–water partition coefficient (Wildman–Crippen LogP) is 2.92. The van der Waals surface area contributed by atoms with Crippen LogP contribution in [0.15, 0.2) is 60.0 Å². The van der Waals surface area contributed by atoms with Crippen molar-refractivity contribution in [3.63, 3.8) is 0 Å². The Bertz CT molecular complexity index is 769. The highest BCUT2D eigenvalue weighted by molar-refractivity contribution is 7.14. The third kappa shape index (κ3) is 3.09. The van der Waals surface area contributed by atoms with Gasteiger partial charge in [-0.25, -0.2) is 4.98 Å². The van der Waals surface area contributed by atoms with Crippen molar-refractivity contribution in [2.24, 2.45) is 0 Å². The molecular weight excluding hydrogens is 284 g/mol. The molecule has 0 saturated carbocycles. The minimum atomic E-state index is -1.19. The Kier molecular flexibility index (Phi) is 3.66. The van der Waals surface area contributed by atoms with E-state index in [9.17, 15) is 9.90 Å². The van der Waals surface area contributed by atoms with Crippen molar-refractivity contribution in [1.29, 1.82) is 0 Å². The predicted molar refractivity (Wildman–Crippen MR) is 81.6 cm³/mol. The quantitative estimate of drug-likeness (QED) is 0.803. The lowest BCUT2D eigenvalue weighted by Gasteiger charge is -2.06. The van der Waals surface area contributed by atoms with E-state index in [4.69, 9.17) is 0 Å². The number of hydrogen-bond donors (Lipinski definition) is 1. The van der Waals surface area contributed by atoms with Gasteiger partial charge in [0.1, 0.15) is 0 Å². The second-order valence-electron chi connectivity index (χ2n) is 4.40. The van der Waals surface area contributed by atoms with Crippen molar-refractivity contribution in [1.82, 2.24) is 4.98 Å². The van der Waals surface area contributed by atoms with Crippen molar-refractivity contribution in [3.05, 3.63) is 65.5 Å². The fourth-order valence-corrected chi connectivity index (χ4v) is 2.66. The maximum atomic E-state index is 10.8. The lowest BCUT2D eigenvalue weighted by atomic mass is 10.2. The molecule has 21 heavy (non-hydrogen) atoms. The van der Waals surface area contributed by atoms with Gasteiger partial charge in [0.2, 0.25) is 0 Å². The molecule has 4 nitrogen and oxygen atoms in total. The van der Waals surface area contributed by atoms with Crippen LogP contribution in [0.1, 0.15) is 10.4 Å². The summed E-state index contributed by atoms with van der Waals surface area (Å²) in [5, 5.41) is 16.6. The fourth-order valence-electron chi connectivity index (χ4n) is 1.92. The highest BCUT2D eigenvalue weighted by Gasteiger charge is 2.05. The average Bonchev–Trinajstić information content (AvgIpc) is 2.97. The first-order valence-corrected chi connectivity index (χ1v) is 7.20. The Balaban J connectivity index is 1.82. The monoisotopic (exact) mass is 295 g/mol. The van der Waals surface area contributed by atoms with Crippen LogP contribution in [0.2, 0.25) is 0 Å². The van der Waals surface area contributed by atoms with Gasteiger partial charge in [0, 0.05) is 16.6 Å². The van der Waals surface area contributed by atoms with Crippen LogP contribution < -0.4 is 10.4 Å². The first-order valence-electron chi connectivity index (χ1n) is 6.32. The minimum absolute atomic E-state index is 0.139. The molecule has 1 heterocycles. The van der Waals surface area contributed by atoms with Gasteiger partial charge in [-0.15, -0.1) is 11.3 Å². The van der Waals surface area contributed by atoms with Crippen molar-refractivity contribution in [2.75, 3.05) is 5.32 Å². The highest BCUT2D eigenvalue weighted by atomic mass is 32.1. The number of aromatic nitrogens is 1. The molecule has 0 unspecified atom stereocenters. The first-order chi connectivity index (χ1) is 10.2. The number of benzene rings is 2. The number of carboxylic acids is 1. The van der Waals surface area contributed by atoms with Crippen LogP contribution in [0.3, 0.4) is 0 Å². The molecular formula is C16H11N2O2S-. The van der Waals surface area contributed by atoms with Gasteiger partial charge in [0.25, 0.3) is 0 Å². The SMILES string of the molecule is O=C([O-])c1cccc(Nc2nc(-c3ccccc3)cs2)c1. The van der Waals surface area contributed by atoms with Crippen LogP contribution in [0.25, 0.3) is 11.3 Å². The fraction of sp³-hybridized carbons (Fsp3) is 0. The van der Waals surface area contributed by atoms with Crippen molar-refractivity contribution < 1.29 is 9.90 Å². The molecule has 5 heteroatoms. The van der Waals surface area contributed by atoms with E-state index in [0.29, 0.717) is 10.8 Å². The molecule has 0 aliphatic rings. The highest BCUT2D eigenvalue weighted by Crippen LogP contribution is 2.27. The number of aromatic carboxylic acids is 1. The summed E-state index contributed by atoms with van der Waals surface area (Å²) in [4.78, 5) is 15.3. The van der Waals surface area contributed by atoms with Gasteiger partial charge in [0.05, 0.1) is 11.7 Å². The van der Waals surface area contributed by atoms with Crippen molar-refractivity contribution in [2.45, 2.75) is 0 Å². The van der Waals surface area contributed by atoms with E-state index in [1.54, 1.807) is 12.1 Å². The van der Waals surface area contributed by atoms with E-state index in [1.165, 1.54) is 23.5 Å². The number of thiazole rings is 1. The molecule has 104 valence electrons. The summed E-state index contributed by atoms with van der Waals surface area (Å²) in [6.45, 7) is 0. The Morgan fingerprint density at radius 2 is 1.90 bits per heavy atom. The molecule has 0 radical (unpaired) electrons. The lowest BCUT2D eigenvalue weighted by molar-refractivity contribution is -0.255. The Morgan fingerprint density at radius 3 is 2.67 bits per heavy atom. The molecule has 3 rings (SSSR count). The zero-order valence-corrected chi connectivity index (χ0v) is 11.8. The molecule has 2 aromatic carbocycles. The Morgan fingerprint density at radius 1 is 1.10 bits per heavy atom. The summed E-state index contributed by atoms with van der Waals surface area (Å²) in [5.74, 6) is -1.19. The molecule has 0 bridgehead atoms. The van der Waals surface area contributed by atoms with Gasteiger partial charge >= 0.3 is 0 Å². The molecule has 0 fully saturated rings. The number of nitrogens with zero attached hydrogens (tertiary/aromatic N) is 1. The van der Waals surface area contributed by atoms with E-state index < -0.39 is 5.97 Å². The maximum absolute atomic E-state index is 10.8. The number of carboxylic acid groups (broad SMARTS) is 1. The zero-order chi connectivity index (χ0) is 14.7. The number of carbonyl (C=O) groups excluding carboxylic acids is 1. The smallest absolute Gasteiger partial charge is 0.187 e. The molecule has 1 N–H and O–H groups in total. The number of hydrogen-bond acceptors (Lipinski definition) is 5. The Labute approximate surface area is 125 Å². The normalized spacial score (nSPS) is 10.3. The van der Waals surface area contributed by atoms with Crippen molar-refractivity contribution >= 4 is 28.1 Å². The molecule has 0 aliphatic heterocycles. The van der Waals surface area contributed by atoms with Crippen LogP contribution in [0.5, 0.6) is 0 Å². The van der Waals surface area contributed by atoms with E-state index in [1.807, 2.05) is 35.7 Å². The number of anilines is 2. The zero-order valence-electron chi connectivity index (χ0n) is 10.9. The third-order valence-corrected chi connectivity index (χ3v) is 3.68. The first kappa shape index (κ1) is 13.3. The average molecular weight is 295 g/mol. The van der Waals surface area contributed by atoms with Gasteiger partial charge in [-0.2, -0.15) is 0 Å². The molecule has 1 aromatic heterocycles. The lowest BCUT2D eigenvalue weighted by Crippen LogP contribution is -2.22. The van der Waals surface area contributed by atoms with Crippen LogP contribution >= 0.6 is 11.3 Å². The van der Waals surface area contributed by atoms with Crippen LogP contribution in [0.4, 0.5) is 10.8 Å². The number of nitrogens with one attached hydrogen (secondary N) is 1. The van der Waals surface area contributed by atoms with E-state index in [2.05, 4.69) is 10.3 Å². The molecule has 0 atom stereocenters. The van der Waals surface area contributed by atoms with E-state index in [-0.39, 0.29) is 5.56 Å². The van der Waals surface area contributed by atoms with Gasteiger partial charge in [0.15, 0.2) is 5.13 Å². The summed E-state index contributed by atoms with van der Waals surface area (Å²) in [5.41, 5.74) is 2.75. The third-order valence-electron chi connectivity index (χ3n) is 2.92. The summed E-state index contributed by atoms with van der Waals surface area (Å²) in [6, 6.07) is 16.4. The Hall–Kier alpha value is -2.66. The summed E-state index contributed by atoms with van der Waals surface area (Å²) >= 11 is 1.47. The standard InChI is InChI=1S/C16H12N2O2S/c19-15(20)12-7-4-8-13(9-12)17-16-18-14(10-21-16)11-5-2-1-3-6-11/h1-10H,(H,17,18)(H,19,20)/p-1. The summed E-state index contributed by atoms with van der Waals surface area (Å²) in [6.07, 6.45) is 0. The summed E-state index contributed by atoms with van der Waals surface area (Å²) in [7, 11) is 0. The molecule has 0 aliphatic carbocycles. The topological polar surface area (TPSA) is 65.0 Å². The summed E-state index contributed by atoms with van der Waals surface area (Å²) < 4.78 is 0.